The highest BCUT2D eigenvalue weighted by Gasteiger charge is 2.23. The third kappa shape index (κ3) is 71.0. The van der Waals surface area contributed by atoms with E-state index in [2.05, 4.69) is 92.1 Å². The van der Waals surface area contributed by atoms with E-state index >= 15 is 0 Å². The minimum absolute atomic E-state index is 0.00278. The lowest BCUT2D eigenvalue weighted by Crippen LogP contribution is -2.45. The number of aliphatic hydroxyl groups is 1. The second kappa shape index (κ2) is 68.1. The van der Waals surface area contributed by atoms with Crippen molar-refractivity contribution in [2.75, 3.05) is 40.9 Å². The topological polar surface area (TPSA) is 108 Å². The van der Waals surface area contributed by atoms with Crippen LogP contribution >= 0.6 is 7.82 Å². The number of unbranched alkanes of at least 4 members (excludes halogenated alkanes) is 44. The number of hydrogen-bond acceptors (Lipinski definition) is 6. The maximum atomic E-state index is 13.1. The van der Waals surface area contributed by atoms with Gasteiger partial charge in [0.05, 0.1) is 39.9 Å². The Morgan fingerprint density at radius 1 is 0.414 bits per heavy atom. The van der Waals surface area contributed by atoms with Gasteiger partial charge in [-0.1, -0.05) is 362 Å². The van der Waals surface area contributed by atoms with Gasteiger partial charge in [0.1, 0.15) is 13.2 Å². The van der Waals surface area contributed by atoms with Crippen LogP contribution in [0, 0.1) is 0 Å². The van der Waals surface area contributed by atoms with Crippen molar-refractivity contribution < 1.29 is 32.9 Å². The quantitative estimate of drug-likeness (QED) is 0.0272. The molecule has 0 spiro atoms. The molecule has 508 valence electrons. The van der Waals surface area contributed by atoms with Crippen molar-refractivity contribution in [3.8, 4) is 0 Å². The molecular formula is C78H145N2O6P. The number of carbonyl (C=O) groups is 1. The summed E-state index contributed by atoms with van der Waals surface area (Å²) in [4.78, 5) is 25.7. The van der Waals surface area contributed by atoms with Crippen LogP contribution in [-0.2, 0) is 18.4 Å². The molecule has 9 heteroatoms. The Balaban J connectivity index is 4.04. The van der Waals surface area contributed by atoms with Gasteiger partial charge in [0.25, 0.3) is 7.82 Å². The molecule has 0 aliphatic heterocycles. The zero-order valence-electron chi connectivity index (χ0n) is 58.2. The Kier molecular flexibility index (Phi) is 66.2. The molecule has 0 aromatic carbocycles. The number of rotatable bonds is 69. The maximum absolute atomic E-state index is 13.1. The number of carbonyl (C=O) groups excluding carboxylic acids is 1. The molecule has 0 saturated carbocycles. The standard InChI is InChI=1S/C78H145N2O6P/c1-6-8-10-12-14-16-18-20-22-24-26-28-30-32-34-36-38-40-42-44-46-48-50-52-54-56-58-60-62-64-66-68-70-72-78(82)79-76(75-86-87(83,84)85-74-73-80(3,4)5)77(81)71-69-67-65-63-61-59-57-55-53-51-49-47-45-43-41-39-37-35-33-31-29-27-25-23-21-19-17-15-13-11-9-7-2/h8,10,14,16,20,22,26,28,32,34,38,40,69,71,76-77,81H,6-7,9,11-13,15,17-19,21,23-25,27,29-31,33,35-37,39,41-68,70,72-75H2,1-5H3,(H-,79,82,83,84)/b10-8-,16-14-,22-20-,28-26-,34-32-,40-38-,71-69+. The van der Waals surface area contributed by atoms with Gasteiger partial charge in [-0.05, 0) is 70.6 Å². The lowest BCUT2D eigenvalue weighted by molar-refractivity contribution is -0.870. The number of nitrogens with zero attached hydrogens (tertiary/aromatic N) is 1. The number of quaternary nitrogens is 1. The zero-order chi connectivity index (χ0) is 63.4. The second-order valence-electron chi connectivity index (χ2n) is 26.6. The SMILES string of the molecule is CC/C=C\C/C=C\C/C=C\C/C=C\C/C=C\C/C=C\CCCCCCCCCCCCCCCCC(=O)NC(COP(=O)([O-])OCC[N+](C)(C)C)C(O)/C=C/CCCCCCCCCCCCCCCCCCCCCCCCCCCCCCCC. The Labute approximate surface area is 541 Å². The second-order valence-corrected chi connectivity index (χ2v) is 28.0. The van der Waals surface area contributed by atoms with E-state index in [9.17, 15) is 19.4 Å². The maximum Gasteiger partial charge on any atom is 0.268 e. The number of likely N-dealkylation sites (N-methyl/N-ethyl adjacent to an activating group) is 1. The molecule has 0 bridgehead atoms. The molecule has 3 atom stereocenters. The lowest BCUT2D eigenvalue weighted by Gasteiger charge is -2.29. The van der Waals surface area contributed by atoms with E-state index in [4.69, 9.17) is 9.05 Å². The van der Waals surface area contributed by atoms with Gasteiger partial charge in [-0.15, -0.1) is 0 Å². The van der Waals surface area contributed by atoms with Crippen LogP contribution in [0.25, 0.3) is 0 Å². The van der Waals surface area contributed by atoms with Crippen LogP contribution in [0.1, 0.15) is 354 Å². The number of nitrogens with one attached hydrogen (secondary N) is 1. The van der Waals surface area contributed by atoms with Crippen LogP contribution < -0.4 is 10.2 Å². The number of phosphoric ester groups is 1. The minimum Gasteiger partial charge on any atom is -0.756 e. The molecule has 2 N–H and O–H groups in total. The van der Waals surface area contributed by atoms with Gasteiger partial charge in [0.15, 0.2) is 0 Å². The van der Waals surface area contributed by atoms with Crippen molar-refractivity contribution in [2.45, 2.75) is 366 Å². The molecule has 0 radical (unpaired) electrons. The molecule has 0 saturated heterocycles. The molecule has 3 unspecified atom stereocenters. The number of allylic oxidation sites excluding steroid dienone is 13. The molecule has 87 heavy (non-hydrogen) atoms. The molecule has 0 rings (SSSR count). The number of hydrogen-bond donors (Lipinski definition) is 2. The summed E-state index contributed by atoms with van der Waals surface area (Å²) in [6.45, 7) is 4.58. The van der Waals surface area contributed by atoms with Crippen LogP contribution in [0.2, 0.25) is 0 Å². The molecule has 0 fully saturated rings. The van der Waals surface area contributed by atoms with E-state index in [1.165, 1.54) is 257 Å². The molecular weight excluding hydrogens is 1090 g/mol. The van der Waals surface area contributed by atoms with Gasteiger partial charge < -0.3 is 28.8 Å². The van der Waals surface area contributed by atoms with Crippen molar-refractivity contribution in [3.05, 3.63) is 85.1 Å². The van der Waals surface area contributed by atoms with E-state index < -0.39 is 20.0 Å². The fraction of sp³-hybridized carbons (Fsp3) is 0.808. The van der Waals surface area contributed by atoms with Crippen LogP contribution in [0.4, 0.5) is 0 Å². The fourth-order valence-electron chi connectivity index (χ4n) is 11.1. The third-order valence-electron chi connectivity index (χ3n) is 16.9. The van der Waals surface area contributed by atoms with Crippen LogP contribution in [-0.4, -0.2) is 68.5 Å². The van der Waals surface area contributed by atoms with Gasteiger partial charge in [0, 0.05) is 6.42 Å². The molecule has 0 aliphatic carbocycles. The smallest absolute Gasteiger partial charge is 0.268 e. The first-order chi connectivity index (χ1) is 42.5. The van der Waals surface area contributed by atoms with Crippen molar-refractivity contribution in [1.29, 1.82) is 0 Å². The Morgan fingerprint density at radius 3 is 1.02 bits per heavy atom. The molecule has 8 nitrogen and oxygen atoms in total. The van der Waals surface area contributed by atoms with Crippen molar-refractivity contribution in [3.63, 3.8) is 0 Å². The van der Waals surface area contributed by atoms with Crippen LogP contribution in [0.3, 0.4) is 0 Å². The number of aliphatic hydroxyl groups excluding tert-OH is 1. The Morgan fingerprint density at radius 2 is 0.701 bits per heavy atom. The van der Waals surface area contributed by atoms with E-state index in [0.29, 0.717) is 17.4 Å². The summed E-state index contributed by atoms with van der Waals surface area (Å²) in [5.74, 6) is -0.196. The Hall–Kier alpha value is -2.32. The molecule has 0 aromatic heterocycles. The third-order valence-corrected chi connectivity index (χ3v) is 17.8. The van der Waals surface area contributed by atoms with Crippen molar-refractivity contribution in [2.24, 2.45) is 0 Å². The summed E-state index contributed by atoms with van der Waals surface area (Å²) >= 11 is 0. The Bertz CT molecular complexity index is 1700. The minimum atomic E-state index is -4.61. The summed E-state index contributed by atoms with van der Waals surface area (Å²) in [6, 6.07) is -0.893. The van der Waals surface area contributed by atoms with Crippen LogP contribution in [0.5, 0.6) is 0 Å². The first kappa shape index (κ1) is 84.7. The fourth-order valence-corrected chi connectivity index (χ4v) is 11.8. The highest BCUT2D eigenvalue weighted by atomic mass is 31.2. The molecule has 0 aliphatic rings. The predicted octanol–water partition coefficient (Wildman–Crippen LogP) is 23.6. The molecule has 0 aromatic rings. The van der Waals surface area contributed by atoms with Crippen molar-refractivity contribution in [1.82, 2.24) is 5.32 Å². The summed E-state index contributed by atoms with van der Waals surface area (Å²) in [5.41, 5.74) is 0. The first-order valence-electron chi connectivity index (χ1n) is 37.4. The van der Waals surface area contributed by atoms with E-state index in [1.807, 2.05) is 27.2 Å². The van der Waals surface area contributed by atoms with E-state index in [0.717, 1.165) is 77.0 Å². The predicted molar refractivity (Wildman–Crippen MR) is 380 cm³/mol. The first-order valence-corrected chi connectivity index (χ1v) is 38.9. The highest BCUT2D eigenvalue weighted by molar-refractivity contribution is 7.45. The monoisotopic (exact) mass is 1240 g/mol. The van der Waals surface area contributed by atoms with Crippen molar-refractivity contribution >= 4 is 13.7 Å². The average Bonchev–Trinajstić information content (AvgIpc) is 3.71. The summed E-state index contributed by atoms with van der Waals surface area (Å²) in [5, 5.41) is 14.0. The van der Waals surface area contributed by atoms with Gasteiger partial charge in [-0.2, -0.15) is 0 Å². The largest absolute Gasteiger partial charge is 0.756 e. The number of phosphoric acid groups is 1. The van der Waals surface area contributed by atoms with Gasteiger partial charge in [0.2, 0.25) is 5.91 Å². The average molecular weight is 1240 g/mol. The van der Waals surface area contributed by atoms with E-state index in [-0.39, 0.29) is 19.1 Å². The zero-order valence-corrected chi connectivity index (χ0v) is 59.1. The lowest BCUT2D eigenvalue weighted by atomic mass is 10.0. The number of amides is 1. The molecule has 1 amide bonds. The summed E-state index contributed by atoms with van der Waals surface area (Å²) in [6.07, 6.45) is 97.2. The van der Waals surface area contributed by atoms with Crippen LogP contribution in [0.15, 0.2) is 85.1 Å². The van der Waals surface area contributed by atoms with E-state index in [1.54, 1.807) is 6.08 Å². The van der Waals surface area contributed by atoms with Gasteiger partial charge in [-0.25, -0.2) is 0 Å². The molecule has 0 heterocycles. The van der Waals surface area contributed by atoms with Gasteiger partial charge in [-0.3, -0.25) is 9.36 Å². The van der Waals surface area contributed by atoms with Gasteiger partial charge >= 0.3 is 0 Å². The highest BCUT2D eigenvalue weighted by Crippen LogP contribution is 2.38. The summed E-state index contributed by atoms with van der Waals surface area (Å²) in [7, 11) is 1.27. The summed E-state index contributed by atoms with van der Waals surface area (Å²) < 4.78 is 23.5. The normalized spacial score (nSPS) is 14.1.